The quantitative estimate of drug-likeness (QED) is 0.635. The molecule has 0 spiro atoms. The fourth-order valence-electron chi connectivity index (χ4n) is 3.73. The van der Waals surface area contributed by atoms with Crippen LogP contribution in [0.15, 0.2) is 42.7 Å². The molecule has 7 nitrogen and oxygen atoms in total. The van der Waals surface area contributed by atoms with Crippen LogP contribution in [0.2, 0.25) is 0 Å². The summed E-state index contributed by atoms with van der Waals surface area (Å²) in [6, 6.07) is 7.64. The zero-order chi connectivity index (χ0) is 21.3. The molecule has 1 aliphatic heterocycles. The van der Waals surface area contributed by atoms with E-state index in [2.05, 4.69) is 15.3 Å². The summed E-state index contributed by atoms with van der Waals surface area (Å²) in [5.41, 5.74) is 3.78. The summed E-state index contributed by atoms with van der Waals surface area (Å²) in [6.45, 7) is 1.99. The van der Waals surface area contributed by atoms with Crippen LogP contribution in [0.25, 0.3) is 17.0 Å². The predicted molar refractivity (Wildman–Crippen MR) is 116 cm³/mol. The van der Waals surface area contributed by atoms with E-state index in [1.54, 1.807) is 37.4 Å². The van der Waals surface area contributed by atoms with Crippen molar-refractivity contribution in [3.05, 3.63) is 59.4 Å². The van der Waals surface area contributed by atoms with Crippen LogP contribution in [-0.2, 0) is 16.0 Å². The summed E-state index contributed by atoms with van der Waals surface area (Å²) in [5, 5.41) is 3.75. The van der Waals surface area contributed by atoms with Gasteiger partial charge < -0.3 is 19.9 Å². The average Bonchev–Trinajstić information content (AvgIpc) is 3.20. The number of H-pyrrole nitrogens is 1. The minimum atomic E-state index is -0.149. The zero-order valence-electron chi connectivity index (χ0n) is 17.2. The van der Waals surface area contributed by atoms with E-state index in [9.17, 15) is 9.59 Å². The molecule has 1 atom stereocenters. The topological polar surface area (TPSA) is 87.3 Å². The molecule has 30 heavy (non-hydrogen) atoms. The van der Waals surface area contributed by atoms with Gasteiger partial charge in [-0.2, -0.15) is 0 Å². The average molecular weight is 404 g/mol. The minimum absolute atomic E-state index is 0.0157. The highest BCUT2D eigenvalue weighted by Gasteiger charge is 2.21. The lowest BCUT2D eigenvalue weighted by molar-refractivity contribution is -0.126. The summed E-state index contributed by atoms with van der Waals surface area (Å²) in [7, 11) is 3.43. The Kier molecular flexibility index (Phi) is 5.27. The number of methoxy groups -OCH3 is 1. The van der Waals surface area contributed by atoms with Gasteiger partial charge in [0.1, 0.15) is 11.6 Å². The smallest absolute Gasteiger partial charge is 0.246 e. The van der Waals surface area contributed by atoms with Crippen LogP contribution in [0.5, 0.6) is 5.75 Å². The van der Waals surface area contributed by atoms with E-state index in [1.807, 2.05) is 37.4 Å². The van der Waals surface area contributed by atoms with Gasteiger partial charge in [0, 0.05) is 48.4 Å². The number of likely N-dealkylation sites (N-methyl/N-ethyl adjacent to an activating group) is 1. The monoisotopic (exact) mass is 404 g/mol. The van der Waals surface area contributed by atoms with E-state index < -0.39 is 0 Å². The van der Waals surface area contributed by atoms with Gasteiger partial charge in [-0.15, -0.1) is 0 Å². The van der Waals surface area contributed by atoms with E-state index in [-0.39, 0.29) is 17.9 Å². The standard InChI is InChI=1S/C23H24N4O3/c1-14(17-13-24-18-5-4-6-19(30-3)22(17)18)27(2)21(29)10-7-15-11-16-8-9-20(28)26-23(16)25-12-15/h4-7,10-14,24H,8-9H2,1-3H3,(H,25,26,28)/b10-7+. The molecule has 1 aliphatic rings. The molecular weight excluding hydrogens is 380 g/mol. The molecule has 0 radical (unpaired) electrons. The Morgan fingerprint density at radius 2 is 2.17 bits per heavy atom. The Morgan fingerprint density at radius 3 is 2.97 bits per heavy atom. The maximum atomic E-state index is 12.8. The number of hydrogen-bond acceptors (Lipinski definition) is 4. The summed E-state index contributed by atoms with van der Waals surface area (Å²) in [5.74, 6) is 1.25. The van der Waals surface area contributed by atoms with Crippen LogP contribution in [0.1, 0.15) is 36.1 Å². The number of nitrogens with one attached hydrogen (secondary N) is 2. The number of hydrogen-bond donors (Lipinski definition) is 2. The number of ether oxygens (including phenoxy) is 1. The lowest BCUT2D eigenvalue weighted by Crippen LogP contribution is -2.27. The van der Waals surface area contributed by atoms with E-state index in [4.69, 9.17) is 4.74 Å². The number of nitrogens with zero attached hydrogens (tertiary/aromatic N) is 2. The number of anilines is 1. The molecule has 2 amide bonds. The van der Waals surface area contributed by atoms with Gasteiger partial charge in [0.2, 0.25) is 11.8 Å². The molecule has 3 aromatic rings. The molecule has 0 saturated heterocycles. The molecule has 1 aromatic carbocycles. The molecule has 0 bridgehead atoms. The van der Waals surface area contributed by atoms with Crippen molar-refractivity contribution in [1.29, 1.82) is 0 Å². The Hall–Kier alpha value is -3.61. The van der Waals surface area contributed by atoms with Gasteiger partial charge in [-0.05, 0) is 48.7 Å². The molecule has 3 heterocycles. The van der Waals surface area contributed by atoms with Gasteiger partial charge >= 0.3 is 0 Å². The molecule has 2 N–H and O–H groups in total. The van der Waals surface area contributed by atoms with Crippen molar-refractivity contribution in [3.63, 3.8) is 0 Å². The summed E-state index contributed by atoms with van der Waals surface area (Å²) < 4.78 is 5.50. The van der Waals surface area contributed by atoms with Crippen LogP contribution >= 0.6 is 0 Å². The van der Waals surface area contributed by atoms with Crippen molar-refractivity contribution in [1.82, 2.24) is 14.9 Å². The second-order valence-electron chi connectivity index (χ2n) is 7.41. The van der Waals surface area contributed by atoms with Crippen molar-refractivity contribution in [2.45, 2.75) is 25.8 Å². The predicted octanol–water partition coefficient (Wildman–Crippen LogP) is 3.69. The number of pyridine rings is 1. The van der Waals surface area contributed by atoms with Crippen molar-refractivity contribution < 1.29 is 14.3 Å². The molecule has 0 aliphatic carbocycles. The molecule has 1 unspecified atom stereocenters. The van der Waals surface area contributed by atoms with Crippen LogP contribution in [0.4, 0.5) is 5.82 Å². The van der Waals surface area contributed by atoms with Crippen LogP contribution < -0.4 is 10.1 Å². The highest BCUT2D eigenvalue weighted by atomic mass is 16.5. The van der Waals surface area contributed by atoms with Gasteiger partial charge in [0.05, 0.1) is 13.2 Å². The number of aromatic amines is 1. The maximum absolute atomic E-state index is 12.8. The fraction of sp³-hybridized carbons (Fsp3) is 0.261. The fourth-order valence-corrected chi connectivity index (χ4v) is 3.73. The third-order valence-electron chi connectivity index (χ3n) is 5.58. The highest BCUT2D eigenvalue weighted by Crippen LogP contribution is 2.34. The normalized spacial score (nSPS) is 14.4. The largest absolute Gasteiger partial charge is 0.496 e. The SMILES string of the molecule is COc1cccc2[nH]cc(C(C)N(C)C(=O)/C=C/c3cnc4c(c3)CCC(=O)N4)c12. The third kappa shape index (κ3) is 3.66. The number of benzene rings is 1. The summed E-state index contributed by atoms with van der Waals surface area (Å²) in [6.07, 6.45) is 7.99. The Labute approximate surface area is 174 Å². The lowest BCUT2D eigenvalue weighted by Gasteiger charge is -2.24. The lowest BCUT2D eigenvalue weighted by atomic mass is 10.0. The minimum Gasteiger partial charge on any atom is -0.496 e. The van der Waals surface area contributed by atoms with Crippen LogP contribution in [-0.4, -0.2) is 40.8 Å². The molecule has 7 heteroatoms. The van der Waals surface area contributed by atoms with E-state index in [0.29, 0.717) is 18.7 Å². The number of carbonyl (C=O) groups excluding carboxylic acids is 2. The zero-order valence-corrected chi connectivity index (χ0v) is 17.2. The third-order valence-corrected chi connectivity index (χ3v) is 5.58. The molecule has 2 aromatic heterocycles. The van der Waals surface area contributed by atoms with E-state index in [0.717, 1.165) is 33.3 Å². The number of carbonyl (C=O) groups is 2. The van der Waals surface area contributed by atoms with Crippen molar-refractivity contribution >= 4 is 34.6 Å². The van der Waals surface area contributed by atoms with Crippen molar-refractivity contribution in [2.75, 3.05) is 19.5 Å². The van der Waals surface area contributed by atoms with Crippen molar-refractivity contribution in [2.24, 2.45) is 0 Å². The number of rotatable bonds is 5. The Morgan fingerprint density at radius 1 is 1.33 bits per heavy atom. The number of aryl methyl sites for hydroxylation is 1. The van der Waals surface area contributed by atoms with Gasteiger partial charge in [-0.25, -0.2) is 4.98 Å². The summed E-state index contributed by atoms with van der Waals surface area (Å²) >= 11 is 0. The molecule has 4 rings (SSSR count). The maximum Gasteiger partial charge on any atom is 0.246 e. The van der Waals surface area contributed by atoms with Crippen LogP contribution in [0, 0.1) is 0 Å². The van der Waals surface area contributed by atoms with Gasteiger partial charge in [0.25, 0.3) is 0 Å². The van der Waals surface area contributed by atoms with Crippen LogP contribution in [0.3, 0.4) is 0 Å². The molecule has 0 fully saturated rings. The Balaban J connectivity index is 1.52. The molecular formula is C23H24N4O3. The van der Waals surface area contributed by atoms with Gasteiger partial charge in [-0.3, -0.25) is 9.59 Å². The summed E-state index contributed by atoms with van der Waals surface area (Å²) in [4.78, 5) is 33.5. The number of aromatic nitrogens is 2. The number of amides is 2. The Bertz CT molecular complexity index is 1150. The first-order valence-corrected chi connectivity index (χ1v) is 9.85. The second-order valence-corrected chi connectivity index (χ2v) is 7.41. The van der Waals surface area contributed by atoms with E-state index in [1.165, 1.54) is 0 Å². The first-order chi connectivity index (χ1) is 14.5. The first-order valence-electron chi connectivity index (χ1n) is 9.85. The molecule has 0 saturated carbocycles. The second kappa shape index (κ2) is 8.02. The van der Waals surface area contributed by atoms with Gasteiger partial charge in [0.15, 0.2) is 0 Å². The van der Waals surface area contributed by atoms with E-state index >= 15 is 0 Å². The van der Waals surface area contributed by atoms with Gasteiger partial charge in [-0.1, -0.05) is 6.07 Å². The first kappa shape index (κ1) is 19.7. The van der Waals surface area contributed by atoms with Crippen molar-refractivity contribution in [3.8, 4) is 5.75 Å². The molecule has 154 valence electrons. The highest BCUT2D eigenvalue weighted by molar-refractivity contribution is 5.95. The number of fused-ring (bicyclic) bond motifs is 2.